The van der Waals surface area contributed by atoms with E-state index in [4.69, 9.17) is 0 Å². The van der Waals surface area contributed by atoms with Crippen molar-refractivity contribution in [2.24, 2.45) is 0 Å². The van der Waals surface area contributed by atoms with Crippen molar-refractivity contribution in [2.75, 3.05) is 5.32 Å². The summed E-state index contributed by atoms with van der Waals surface area (Å²) in [5.74, 6) is 0.606. The van der Waals surface area contributed by atoms with Crippen LogP contribution in [-0.2, 0) is 11.3 Å². The van der Waals surface area contributed by atoms with Gasteiger partial charge in [-0.1, -0.05) is 25.1 Å². The zero-order chi connectivity index (χ0) is 20.0. The van der Waals surface area contributed by atoms with Gasteiger partial charge in [-0.15, -0.1) is 0 Å². The predicted molar refractivity (Wildman–Crippen MR) is 106 cm³/mol. The van der Waals surface area contributed by atoms with Gasteiger partial charge in [-0.2, -0.15) is 5.10 Å². The summed E-state index contributed by atoms with van der Waals surface area (Å²) in [7, 11) is 0. The molecule has 1 aromatic carbocycles. The van der Waals surface area contributed by atoms with Crippen molar-refractivity contribution in [3.05, 3.63) is 65.7 Å². The smallest absolute Gasteiger partial charge is 0.226 e. The lowest BCUT2D eigenvalue weighted by molar-refractivity contribution is -0.116. The minimum Gasteiger partial charge on any atom is -0.310 e. The van der Waals surface area contributed by atoms with Gasteiger partial charge in [-0.25, -0.2) is 24.0 Å². The second kappa shape index (κ2) is 6.73. The van der Waals surface area contributed by atoms with Gasteiger partial charge in [0.2, 0.25) is 5.91 Å². The third kappa shape index (κ3) is 3.02. The van der Waals surface area contributed by atoms with E-state index in [9.17, 15) is 9.18 Å². The van der Waals surface area contributed by atoms with Crippen molar-refractivity contribution in [3.63, 3.8) is 0 Å². The lowest BCUT2D eigenvalue weighted by Gasteiger charge is -2.21. The van der Waals surface area contributed by atoms with Crippen LogP contribution in [0.15, 0.2) is 48.8 Å². The Morgan fingerprint density at radius 3 is 2.93 bits per heavy atom. The lowest BCUT2D eigenvalue weighted by atomic mass is 9.96. The molecule has 0 spiro atoms. The molecule has 0 saturated carbocycles. The van der Waals surface area contributed by atoms with Crippen molar-refractivity contribution in [1.29, 1.82) is 0 Å². The second-order valence-corrected chi connectivity index (χ2v) is 7.12. The van der Waals surface area contributed by atoms with Crippen molar-refractivity contribution in [2.45, 2.75) is 25.8 Å². The van der Waals surface area contributed by atoms with Crippen molar-refractivity contribution < 1.29 is 9.18 Å². The number of fused-ring (bicyclic) bond motifs is 2. The number of amides is 1. The standard InChI is InChI=1S/C21H17FN6O/c1-12-9-17(29)25-19-15(12)10-24-20(26-19)18-14-6-4-8-23-21(14)28(27-18)11-13-5-2-3-7-16(13)22/h2-8,10,12H,9,11H2,1H3,(H,24,25,26,29). The fourth-order valence-corrected chi connectivity index (χ4v) is 3.61. The maximum atomic E-state index is 14.1. The van der Waals surface area contributed by atoms with Crippen LogP contribution in [0.3, 0.4) is 0 Å². The Labute approximate surface area is 165 Å². The molecule has 0 aliphatic carbocycles. The molecule has 0 fully saturated rings. The molecule has 29 heavy (non-hydrogen) atoms. The molecule has 1 amide bonds. The molecular weight excluding hydrogens is 371 g/mol. The molecule has 1 atom stereocenters. The first-order chi connectivity index (χ1) is 14.1. The molecule has 1 unspecified atom stereocenters. The number of carbonyl (C=O) groups excluding carboxylic acids is 1. The largest absolute Gasteiger partial charge is 0.310 e. The molecule has 7 nitrogen and oxygen atoms in total. The van der Waals surface area contributed by atoms with Gasteiger partial charge in [-0.3, -0.25) is 4.79 Å². The van der Waals surface area contributed by atoms with Crippen LogP contribution in [0.1, 0.15) is 30.4 Å². The van der Waals surface area contributed by atoms with Crippen LogP contribution in [0.4, 0.5) is 10.2 Å². The first kappa shape index (κ1) is 17.4. The van der Waals surface area contributed by atoms with Crippen molar-refractivity contribution in [1.82, 2.24) is 24.7 Å². The van der Waals surface area contributed by atoms with Crippen molar-refractivity contribution >= 4 is 22.8 Å². The Morgan fingerprint density at radius 2 is 2.07 bits per heavy atom. The molecular formula is C21H17FN6O. The molecule has 1 aliphatic rings. The number of halogens is 1. The summed E-state index contributed by atoms with van der Waals surface area (Å²) >= 11 is 0. The third-order valence-corrected chi connectivity index (χ3v) is 5.09. The van der Waals surface area contributed by atoms with E-state index in [2.05, 4.69) is 25.4 Å². The van der Waals surface area contributed by atoms with Gasteiger partial charge < -0.3 is 5.32 Å². The van der Waals surface area contributed by atoms with Crippen LogP contribution in [-0.4, -0.2) is 30.6 Å². The summed E-state index contributed by atoms with van der Waals surface area (Å²) in [6.07, 6.45) is 3.82. The summed E-state index contributed by atoms with van der Waals surface area (Å²) in [5, 5.41) is 8.21. The summed E-state index contributed by atoms with van der Waals surface area (Å²) in [6.45, 7) is 2.21. The number of hydrogen-bond acceptors (Lipinski definition) is 5. The van der Waals surface area contributed by atoms with E-state index >= 15 is 0 Å². The number of aromatic nitrogens is 5. The highest BCUT2D eigenvalue weighted by Gasteiger charge is 2.25. The summed E-state index contributed by atoms with van der Waals surface area (Å²) in [4.78, 5) is 25.4. The van der Waals surface area contributed by atoms with Gasteiger partial charge in [0.25, 0.3) is 0 Å². The topological polar surface area (TPSA) is 85.6 Å². The monoisotopic (exact) mass is 388 g/mol. The highest BCUT2D eigenvalue weighted by molar-refractivity contribution is 5.94. The fraction of sp³-hybridized carbons (Fsp3) is 0.190. The fourth-order valence-electron chi connectivity index (χ4n) is 3.61. The number of benzene rings is 1. The summed E-state index contributed by atoms with van der Waals surface area (Å²) < 4.78 is 15.8. The molecule has 8 heteroatoms. The van der Waals surface area contributed by atoms with Gasteiger partial charge in [0, 0.05) is 29.9 Å². The van der Waals surface area contributed by atoms with Gasteiger partial charge in [0.15, 0.2) is 11.5 Å². The van der Waals surface area contributed by atoms with Gasteiger partial charge in [0.1, 0.15) is 17.3 Å². The van der Waals surface area contributed by atoms with E-state index in [1.54, 1.807) is 35.3 Å². The van der Waals surface area contributed by atoms with E-state index in [0.717, 1.165) is 10.9 Å². The SMILES string of the molecule is CC1CC(=O)Nc2nc(-c3nn(Cc4ccccc4F)c4ncccc34)ncc21. The van der Waals surface area contributed by atoms with Crippen LogP contribution in [0.5, 0.6) is 0 Å². The highest BCUT2D eigenvalue weighted by atomic mass is 19.1. The Hall–Kier alpha value is -3.68. The normalized spacial score (nSPS) is 15.9. The molecule has 4 aromatic rings. The predicted octanol–water partition coefficient (Wildman–Crippen LogP) is 3.52. The molecule has 0 bridgehead atoms. The maximum absolute atomic E-state index is 14.1. The first-order valence-corrected chi connectivity index (χ1v) is 9.32. The number of nitrogens with zero attached hydrogens (tertiary/aromatic N) is 5. The average molecular weight is 388 g/mol. The number of hydrogen-bond donors (Lipinski definition) is 1. The maximum Gasteiger partial charge on any atom is 0.226 e. The van der Waals surface area contributed by atoms with Gasteiger partial charge in [0.05, 0.1) is 11.9 Å². The van der Waals surface area contributed by atoms with Crippen LogP contribution >= 0.6 is 0 Å². The van der Waals surface area contributed by atoms with E-state index in [-0.39, 0.29) is 24.2 Å². The van der Waals surface area contributed by atoms with E-state index in [1.807, 2.05) is 19.1 Å². The van der Waals surface area contributed by atoms with Crippen LogP contribution in [0, 0.1) is 5.82 Å². The van der Waals surface area contributed by atoms with Gasteiger partial charge in [-0.05, 0) is 24.1 Å². The Balaban J connectivity index is 1.62. The Morgan fingerprint density at radius 1 is 1.21 bits per heavy atom. The third-order valence-electron chi connectivity index (χ3n) is 5.09. The number of nitrogens with one attached hydrogen (secondary N) is 1. The number of carbonyl (C=O) groups is 1. The average Bonchev–Trinajstić information content (AvgIpc) is 3.08. The molecule has 4 heterocycles. The molecule has 3 aromatic heterocycles. The van der Waals surface area contributed by atoms with Gasteiger partial charge >= 0.3 is 0 Å². The molecule has 0 radical (unpaired) electrons. The Bertz CT molecular complexity index is 1250. The quantitative estimate of drug-likeness (QED) is 0.580. The van der Waals surface area contributed by atoms with Crippen LogP contribution in [0.25, 0.3) is 22.6 Å². The molecule has 1 aliphatic heterocycles. The second-order valence-electron chi connectivity index (χ2n) is 7.12. The molecule has 5 rings (SSSR count). The van der Waals surface area contributed by atoms with E-state index in [1.165, 1.54) is 6.07 Å². The van der Waals surface area contributed by atoms with E-state index in [0.29, 0.717) is 35.0 Å². The minimum atomic E-state index is -0.296. The molecule has 0 saturated heterocycles. The number of rotatable bonds is 3. The Kier molecular flexibility index (Phi) is 4.04. The number of pyridine rings is 1. The van der Waals surface area contributed by atoms with Crippen molar-refractivity contribution in [3.8, 4) is 11.5 Å². The summed E-state index contributed by atoms with van der Waals surface area (Å²) in [6, 6.07) is 10.3. The lowest BCUT2D eigenvalue weighted by Crippen LogP contribution is -2.23. The number of anilines is 1. The first-order valence-electron chi connectivity index (χ1n) is 9.32. The zero-order valence-corrected chi connectivity index (χ0v) is 15.6. The van der Waals surface area contributed by atoms with Crippen LogP contribution < -0.4 is 5.32 Å². The highest BCUT2D eigenvalue weighted by Crippen LogP contribution is 2.32. The zero-order valence-electron chi connectivity index (χ0n) is 15.6. The minimum absolute atomic E-state index is 0.0600. The van der Waals surface area contributed by atoms with E-state index < -0.39 is 0 Å². The summed E-state index contributed by atoms with van der Waals surface area (Å²) in [5.41, 5.74) is 2.58. The molecule has 1 N–H and O–H groups in total. The molecule has 144 valence electrons. The van der Waals surface area contributed by atoms with Crippen LogP contribution in [0.2, 0.25) is 0 Å².